The molecule has 0 aliphatic heterocycles. The maximum Gasteiger partial charge on any atom is 0.223 e. The van der Waals surface area contributed by atoms with E-state index in [9.17, 15) is 4.79 Å². The fourth-order valence-electron chi connectivity index (χ4n) is 1.98. The van der Waals surface area contributed by atoms with Crippen molar-refractivity contribution in [3.05, 3.63) is 29.8 Å². The molecule has 2 atom stereocenters. The van der Waals surface area contributed by atoms with Crippen molar-refractivity contribution in [2.24, 2.45) is 5.73 Å². The van der Waals surface area contributed by atoms with Gasteiger partial charge in [-0.05, 0) is 38.5 Å². The van der Waals surface area contributed by atoms with Gasteiger partial charge < -0.3 is 20.5 Å². The Morgan fingerprint density at radius 1 is 1.33 bits per heavy atom. The van der Waals surface area contributed by atoms with Crippen LogP contribution in [0.5, 0.6) is 5.75 Å². The molecule has 118 valence electrons. The second-order valence-electron chi connectivity index (χ2n) is 5.33. The maximum absolute atomic E-state index is 11.9. The Bertz CT molecular complexity index is 445. The van der Waals surface area contributed by atoms with Crippen LogP contribution in [0.15, 0.2) is 24.3 Å². The van der Waals surface area contributed by atoms with Gasteiger partial charge in [0, 0.05) is 13.7 Å². The first-order chi connectivity index (χ1) is 9.96. The molecule has 0 aromatic heterocycles. The number of nitrogens with two attached hydrogens (primary N) is 1. The van der Waals surface area contributed by atoms with Crippen LogP contribution in [-0.2, 0) is 9.53 Å². The second-order valence-corrected chi connectivity index (χ2v) is 5.33. The summed E-state index contributed by atoms with van der Waals surface area (Å²) in [5.74, 6) is 0.732. The van der Waals surface area contributed by atoms with E-state index in [1.54, 1.807) is 7.11 Å². The average Bonchev–Trinajstić information content (AvgIpc) is 2.44. The Morgan fingerprint density at radius 3 is 2.62 bits per heavy atom. The lowest BCUT2D eigenvalue weighted by molar-refractivity contribution is -0.124. The van der Waals surface area contributed by atoms with E-state index in [4.69, 9.17) is 15.2 Å². The fraction of sp³-hybridized carbons (Fsp3) is 0.562. The highest BCUT2D eigenvalue weighted by Crippen LogP contribution is 2.20. The van der Waals surface area contributed by atoms with Gasteiger partial charge in [0.2, 0.25) is 5.91 Å². The molecule has 1 aromatic rings. The average molecular weight is 294 g/mol. The lowest BCUT2D eigenvalue weighted by Crippen LogP contribution is -2.33. The molecular weight excluding hydrogens is 268 g/mol. The molecule has 0 saturated carbocycles. The molecular formula is C16H26N2O3. The van der Waals surface area contributed by atoms with Crippen LogP contribution in [0.4, 0.5) is 0 Å². The maximum atomic E-state index is 11.9. The molecule has 0 spiro atoms. The third-order valence-corrected chi connectivity index (χ3v) is 3.12. The largest absolute Gasteiger partial charge is 0.491 e. The molecule has 0 heterocycles. The normalized spacial score (nSPS) is 13.8. The van der Waals surface area contributed by atoms with E-state index in [2.05, 4.69) is 5.32 Å². The highest BCUT2D eigenvalue weighted by Gasteiger charge is 2.15. The zero-order valence-electron chi connectivity index (χ0n) is 13.3. The number of amides is 1. The van der Waals surface area contributed by atoms with Crippen LogP contribution in [0.2, 0.25) is 0 Å². The van der Waals surface area contributed by atoms with Crippen LogP contribution in [0.3, 0.4) is 0 Å². The van der Waals surface area contributed by atoms with Crippen molar-refractivity contribution in [1.29, 1.82) is 0 Å². The van der Waals surface area contributed by atoms with Crippen LogP contribution in [0.1, 0.15) is 38.8 Å². The third kappa shape index (κ3) is 6.14. The van der Waals surface area contributed by atoms with Crippen molar-refractivity contribution in [2.75, 3.05) is 13.7 Å². The quantitative estimate of drug-likeness (QED) is 0.769. The zero-order chi connectivity index (χ0) is 15.8. The van der Waals surface area contributed by atoms with Gasteiger partial charge in [0.1, 0.15) is 5.75 Å². The van der Waals surface area contributed by atoms with Crippen molar-refractivity contribution < 1.29 is 14.3 Å². The van der Waals surface area contributed by atoms with Crippen molar-refractivity contribution in [1.82, 2.24) is 5.32 Å². The molecule has 1 rings (SSSR count). The second kappa shape index (κ2) is 8.64. The summed E-state index contributed by atoms with van der Waals surface area (Å²) in [6, 6.07) is 7.65. The first-order valence-corrected chi connectivity index (χ1v) is 7.25. The lowest BCUT2D eigenvalue weighted by Gasteiger charge is -2.18. The van der Waals surface area contributed by atoms with E-state index in [1.807, 2.05) is 45.0 Å². The number of carbonyl (C=O) groups is 1. The van der Waals surface area contributed by atoms with E-state index >= 15 is 0 Å². The topological polar surface area (TPSA) is 73.6 Å². The first-order valence-electron chi connectivity index (χ1n) is 7.25. The third-order valence-electron chi connectivity index (χ3n) is 3.12. The van der Waals surface area contributed by atoms with E-state index in [0.29, 0.717) is 6.54 Å². The van der Waals surface area contributed by atoms with E-state index < -0.39 is 0 Å². The lowest BCUT2D eigenvalue weighted by atomic mass is 10.1. The van der Waals surface area contributed by atoms with E-state index in [1.165, 1.54) is 0 Å². The summed E-state index contributed by atoms with van der Waals surface area (Å²) in [5.41, 5.74) is 6.52. The molecule has 1 amide bonds. The van der Waals surface area contributed by atoms with E-state index in [0.717, 1.165) is 11.3 Å². The van der Waals surface area contributed by atoms with Crippen molar-refractivity contribution in [3.63, 3.8) is 0 Å². The first kappa shape index (κ1) is 17.5. The van der Waals surface area contributed by atoms with Crippen molar-refractivity contribution in [2.45, 2.75) is 45.4 Å². The van der Waals surface area contributed by atoms with Crippen LogP contribution < -0.4 is 15.8 Å². The molecule has 0 saturated heterocycles. The summed E-state index contributed by atoms with van der Waals surface area (Å²) in [4.78, 5) is 11.9. The number of hydrogen-bond donors (Lipinski definition) is 2. The van der Waals surface area contributed by atoms with Crippen LogP contribution >= 0.6 is 0 Å². The smallest absolute Gasteiger partial charge is 0.223 e. The van der Waals surface area contributed by atoms with Gasteiger partial charge in [-0.1, -0.05) is 12.1 Å². The molecule has 5 nitrogen and oxygen atoms in total. The Morgan fingerprint density at radius 2 is 2.05 bits per heavy atom. The van der Waals surface area contributed by atoms with E-state index in [-0.39, 0.29) is 30.6 Å². The van der Waals surface area contributed by atoms with Gasteiger partial charge in [0.05, 0.1) is 24.7 Å². The number of ether oxygens (including phenoxy) is 2. The Kier molecular flexibility index (Phi) is 7.19. The summed E-state index contributed by atoms with van der Waals surface area (Å²) < 4.78 is 10.8. The van der Waals surface area contributed by atoms with Crippen LogP contribution in [0.25, 0.3) is 0 Å². The van der Waals surface area contributed by atoms with Crippen LogP contribution in [-0.4, -0.2) is 31.8 Å². The monoisotopic (exact) mass is 294 g/mol. The zero-order valence-corrected chi connectivity index (χ0v) is 13.3. The number of nitrogens with one attached hydrogen (secondary N) is 1. The predicted octanol–water partition coefficient (Wildman–Crippen LogP) is 2.01. The number of rotatable bonds is 8. The van der Waals surface area contributed by atoms with Gasteiger partial charge in [-0.2, -0.15) is 0 Å². The molecule has 2 unspecified atom stereocenters. The predicted molar refractivity (Wildman–Crippen MR) is 83.2 cm³/mol. The molecule has 0 aliphatic rings. The molecule has 5 heteroatoms. The minimum Gasteiger partial charge on any atom is -0.491 e. The number of benzene rings is 1. The van der Waals surface area contributed by atoms with Gasteiger partial charge in [0.25, 0.3) is 0 Å². The molecule has 0 radical (unpaired) electrons. The van der Waals surface area contributed by atoms with Crippen LogP contribution in [0, 0.1) is 0 Å². The SMILES string of the molecule is COC(CN)CC(=O)NC(C)c1cccc(OC(C)C)c1. The Labute approximate surface area is 126 Å². The van der Waals surface area contributed by atoms with Gasteiger partial charge in [-0.25, -0.2) is 0 Å². The van der Waals surface area contributed by atoms with Gasteiger partial charge in [-0.3, -0.25) is 4.79 Å². The molecule has 21 heavy (non-hydrogen) atoms. The van der Waals surface area contributed by atoms with Crippen molar-refractivity contribution >= 4 is 5.91 Å². The summed E-state index contributed by atoms with van der Waals surface area (Å²) in [6.07, 6.45) is 0.143. The summed E-state index contributed by atoms with van der Waals surface area (Å²) in [7, 11) is 1.56. The molecule has 0 bridgehead atoms. The summed E-state index contributed by atoms with van der Waals surface area (Å²) >= 11 is 0. The van der Waals surface area contributed by atoms with Gasteiger partial charge in [-0.15, -0.1) is 0 Å². The minimum absolute atomic E-state index is 0.0741. The Hall–Kier alpha value is -1.59. The summed E-state index contributed by atoms with van der Waals surface area (Å²) in [6.45, 7) is 6.23. The minimum atomic E-state index is -0.243. The van der Waals surface area contributed by atoms with Gasteiger partial charge in [0.15, 0.2) is 0 Å². The fourth-order valence-corrected chi connectivity index (χ4v) is 1.98. The highest BCUT2D eigenvalue weighted by molar-refractivity contribution is 5.77. The summed E-state index contributed by atoms with van der Waals surface area (Å²) in [5, 5.41) is 2.95. The molecule has 3 N–H and O–H groups in total. The number of hydrogen-bond acceptors (Lipinski definition) is 4. The number of carbonyl (C=O) groups excluding carboxylic acids is 1. The molecule has 0 aliphatic carbocycles. The number of methoxy groups -OCH3 is 1. The van der Waals surface area contributed by atoms with Crippen molar-refractivity contribution in [3.8, 4) is 5.75 Å². The molecule has 0 fully saturated rings. The standard InChI is InChI=1S/C16H26N2O3/c1-11(2)21-14-7-5-6-13(8-14)12(3)18-16(19)9-15(10-17)20-4/h5-8,11-12,15H,9-10,17H2,1-4H3,(H,18,19). The highest BCUT2D eigenvalue weighted by atomic mass is 16.5. The van der Waals surface area contributed by atoms with Gasteiger partial charge >= 0.3 is 0 Å². The Balaban J connectivity index is 2.62. The molecule has 1 aromatic carbocycles.